The Morgan fingerprint density at radius 1 is 1.35 bits per heavy atom. The summed E-state index contributed by atoms with van der Waals surface area (Å²) >= 11 is 1.31. The Morgan fingerprint density at radius 2 is 2.13 bits per heavy atom. The van der Waals surface area contributed by atoms with Gasteiger partial charge >= 0.3 is 6.18 Å². The molecule has 120 valence electrons. The van der Waals surface area contributed by atoms with Crippen molar-refractivity contribution in [2.75, 3.05) is 12.3 Å². The van der Waals surface area contributed by atoms with Crippen LogP contribution in [0, 0.1) is 0 Å². The van der Waals surface area contributed by atoms with Gasteiger partial charge in [0.25, 0.3) is 5.91 Å². The largest absolute Gasteiger partial charge is 0.417 e. The molecule has 1 aliphatic heterocycles. The predicted molar refractivity (Wildman–Crippen MR) is 81.8 cm³/mol. The number of nitrogens with zero attached hydrogens (tertiary/aromatic N) is 1. The second kappa shape index (κ2) is 5.73. The van der Waals surface area contributed by atoms with Crippen molar-refractivity contribution in [1.29, 1.82) is 0 Å². The molecule has 5 nitrogen and oxygen atoms in total. The number of aromatic nitrogens is 1. The molecule has 1 aliphatic rings. The molecule has 2 heterocycles. The first-order chi connectivity index (χ1) is 10.9. The third-order valence-electron chi connectivity index (χ3n) is 3.26. The number of alkyl halides is 3. The molecule has 1 aromatic heterocycles. The van der Waals surface area contributed by atoms with Gasteiger partial charge in [-0.05, 0) is 12.1 Å². The zero-order chi connectivity index (χ0) is 16.6. The number of hydrogen-bond donors (Lipinski definition) is 2. The number of amidine groups is 1. The number of H-pyrrole nitrogens is 1. The smallest absolute Gasteiger partial charge is 0.360 e. The molecule has 2 N–H and O–H groups in total. The van der Waals surface area contributed by atoms with Crippen molar-refractivity contribution in [1.82, 2.24) is 10.3 Å². The van der Waals surface area contributed by atoms with Gasteiger partial charge in [-0.3, -0.25) is 14.6 Å². The van der Waals surface area contributed by atoms with Crippen LogP contribution in [0.3, 0.4) is 0 Å². The van der Waals surface area contributed by atoms with Gasteiger partial charge in [-0.25, -0.2) is 0 Å². The molecule has 0 bridgehead atoms. The van der Waals surface area contributed by atoms with Gasteiger partial charge in [0.05, 0.1) is 17.5 Å². The second-order valence-electron chi connectivity index (χ2n) is 4.75. The van der Waals surface area contributed by atoms with Gasteiger partial charge in [-0.2, -0.15) is 13.2 Å². The molecule has 0 saturated carbocycles. The Balaban J connectivity index is 2.11. The highest BCUT2D eigenvalue weighted by molar-refractivity contribution is 8.14. The van der Waals surface area contributed by atoms with Crippen LogP contribution in [-0.2, 0) is 6.18 Å². The number of halogens is 3. The van der Waals surface area contributed by atoms with Crippen molar-refractivity contribution in [3.05, 3.63) is 45.7 Å². The lowest BCUT2D eigenvalue weighted by Gasteiger charge is -2.11. The van der Waals surface area contributed by atoms with E-state index < -0.39 is 28.5 Å². The number of hydrogen-bond acceptors (Lipinski definition) is 4. The summed E-state index contributed by atoms with van der Waals surface area (Å²) in [7, 11) is 0. The second-order valence-corrected chi connectivity index (χ2v) is 5.83. The number of carbonyl (C=O) groups excluding carboxylic acids is 1. The fourth-order valence-electron chi connectivity index (χ4n) is 2.25. The summed E-state index contributed by atoms with van der Waals surface area (Å²) in [6.45, 7) is 0.548. The highest BCUT2D eigenvalue weighted by Gasteiger charge is 2.34. The van der Waals surface area contributed by atoms with E-state index in [0.717, 1.165) is 12.3 Å². The number of benzene rings is 1. The number of carbonyl (C=O) groups is 1. The fourth-order valence-corrected chi connectivity index (χ4v) is 2.97. The SMILES string of the molecule is O=C(NC1=NCCS1)c1c[nH]c2cccc(C(F)(F)F)c2c1=O. The molecular formula is C14H10F3N3O2S. The van der Waals surface area contributed by atoms with Crippen LogP contribution in [0.25, 0.3) is 10.9 Å². The summed E-state index contributed by atoms with van der Waals surface area (Å²) in [5, 5.41) is 2.24. The van der Waals surface area contributed by atoms with E-state index >= 15 is 0 Å². The maximum atomic E-state index is 13.1. The minimum absolute atomic E-state index is 0.0222. The number of rotatable bonds is 1. The van der Waals surface area contributed by atoms with Crippen molar-refractivity contribution in [2.24, 2.45) is 4.99 Å². The Bertz CT molecular complexity index is 874. The first kappa shape index (κ1) is 15.6. The van der Waals surface area contributed by atoms with Crippen molar-refractivity contribution >= 4 is 33.7 Å². The molecule has 0 fully saturated rings. The van der Waals surface area contributed by atoms with Crippen LogP contribution in [-0.4, -0.2) is 28.4 Å². The standard InChI is InChI=1S/C14H10F3N3O2S/c15-14(16,17)8-2-1-3-9-10(8)11(21)7(6-19-9)12(22)20-13-18-4-5-23-13/h1-3,6H,4-5H2,(H,19,21)(H,18,20,22). The van der Waals surface area contributed by atoms with Crippen LogP contribution in [0.5, 0.6) is 0 Å². The van der Waals surface area contributed by atoms with Crippen LogP contribution in [0.1, 0.15) is 15.9 Å². The van der Waals surface area contributed by atoms with Crippen molar-refractivity contribution < 1.29 is 18.0 Å². The zero-order valence-corrected chi connectivity index (χ0v) is 12.3. The first-order valence-corrected chi connectivity index (χ1v) is 7.56. The Labute approximate surface area is 132 Å². The summed E-state index contributed by atoms with van der Waals surface area (Å²) in [5.74, 6) is -0.0691. The highest BCUT2D eigenvalue weighted by Crippen LogP contribution is 2.32. The number of thioether (sulfide) groups is 1. The van der Waals surface area contributed by atoms with Crippen LogP contribution in [0.4, 0.5) is 13.2 Å². The first-order valence-electron chi connectivity index (χ1n) is 6.58. The van der Waals surface area contributed by atoms with Crippen LogP contribution in [0.2, 0.25) is 0 Å². The van der Waals surface area contributed by atoms with E-state index in [1.165, 1.54) is 23.9 Å². The molecule has 0 radical (unpaired) electrons. The van der Waals surface area contributed by atoms with Gasteiger partial charge < -0.3 is 10.3 Å². The molecule has 1 amide bonds. The minimum Gasteiger partial charge on any atom is -0.360 e. The Kier molecular flexibility index (Phi) is 3.88. The maximum absolute atomic E-state index is 13.1. The number of nitrogens with one attached hydrogen (secondary N) is 2. The third kappa shape index (κ3) is 2.96. The van der Waals surface area contributed by atoms with Crippen molar-refractivity contribution in [3.63, 3.8) is 0 Å². The van der Waals surface area contributed by atoms with E-state index in [9.17, 15) is 22.8 Å². The minimum atomic E-state index is -4.69. The highest BCUT2D eigenvalue weighted by atomic mass is 32.2. The zero-order valence-electron chi connectivity index (χ0n) is 11.5. The van der Waals surface area contributed by atoms with Crippen LogP contribution < -0.4 is 10.7 Å². The third-order valence-corrected chi connectivity index (χ3v) is 4.16. The van der Waals surface area contributed by atoms with Gasteiger partial charge in [0.2, 0.25) is 5.43 Å². The van der Waals surface area contributed by atoms with Gasteiger partial charge in [0.1, 0.15) is 5.56 Å². The molecule has 3 rings (SSSR count). The van der Waals surface area contributed by atoms with E-state index in [1.807, 2.05) is 0 Å². The number of fused-ring (bicyclic) bond motifs is 1. The molecule has 23 heavy (non-hydrogen) atoms. The Hall–Kier alpha value is -2.29. The molecule has 1 aromatic carbocycles. The predicted octanol–water partition coefficient (Wildman–Crippen LogP) is 2.38. The summed E-state index contributed by atoms with van der Waals surface area (Å²) < 4.78 is 39.2. The van der Waals surface area contributed by atoms with Gasteiger partial charge in [-0.15, -0.1) is 0 Å². The summed E-state index contributed by atoms with van der Waals surface area (Å²) in [6, 6.07) is 3.37. The average Bonchev–Trinajstić information content (AvgIpc) is 2.99. The van der Waals surface area contributed by atoms with Crippen LogP contribution >= 0.6 is 11.8 Å². The molecule has 0 unspecified atom stereocenters. The van der Waals surface area contributed by atoms with Gasteiger partial charge in [0, 0.05) is 17.5 Å². The van der Waals surface area contributed by atoms with E-state index in [1.54, 1.807) is 0 Å². The monoisotopic (exact) mass is 341 g/mol. The van der Waals surface area contributed by atoms with Crippen LogP contribution in [0.15, 0.2) is 34.2 Å². The summed E-state index contributed by atoms with van der Waals surface area (Å²) in [6.07, 6.45) is -3.58. The van der Waals surface area contributed by atoms with Gasteiger partial charge in [0.15, 0.2) is 5.17 Å². The van der Waals surface area contributed by atoms with Gasteiger partial charge in [-0.1, -0.05) is 17.8 Å². The average molecular weight is 341 g/mol. The van der Waals surface area contributed by atoms with E-state index in [0.29, 0.717) is 17.5 Å². The molecule has 0 saturated heterocycles. The topological polar surface area (TPSA) is 74.3 Å². The summed E-state index contributed by atoms with van der Waals surface area (Å²) in [5.41, 5.74) is -2.40. The summed E-state index contributed by atoms with van der Waals surface area (Å²) in [4.78, 5) is 31.1. The maximum Gasteiger partial charge on any atom is 0.417 e. The molecule has 9 heteroatoms. The molecular weight excluding hydrogens is 331 g/mol. The lowest BCUT2D eigenvalue weighted by Crippen LogP contribution is -2.32. The molecule has 0 spiro atoms. The van der Waals surface area contributed by atoms with E-state index in [-0.39, 0.29) is 11.1 Å². The molecule has 0 aliphatic carbocycles. The molecule has 0 atom stereocenters. The lowest BCUT2D eigenvalue weighted by atomic mass is 10.1. The number of aromatic amines is 1. The fraction of sp³-hybridized carbons (Fsp3) is 0.214. The normalized spacial score (nSPS) is 14.8. The molecule has 2 aromatic rings. The van der Waals surface area contributed by atoms with E-state index in [2.05, 4.69) is 15.3 Å². The van der Waals surface area contributed by atoms with Crippen molar-refractivity contribution in [3.8, 4) is 0 Å². The quantitative estimate of drug-likeness (QED) is 0.836. The Morgan fingerprint density at radius 3 is 2.78 bits per heavy atom. The number of amides is 1. The lowest BCUT2D eigenvalue weighted by molar-refractivity contribution is -0.136. The number of pyridine rings is 1. The number of aliphatic imine (C=N–C) groups is 1. The van der Waals surface area contributed by atoms with Crippen molar-refractivity contribution in [2.45, 2.75) is 6.18 Å². The van der Waals surface area contributed by atoms with E-state index in [4.69, 9.17) is 0 Å².